The number of ketones is 1. The fraction of sp³-hybridized carbons (Fsp3) is 0.375. The van der Waals surface area contributed by atoms with E-state index in [4.69, 9.17) is 0 Å². The molecule has 0 saturated carbocycles. The second-order valence-electron chi connectivity index (χ2n) is 7.43. The monoisotopic (exact) mass is 390 g/mol. The van der Waals surface area contributed by atoms with Crippen molar-refractivity contribution < 1.29 is 4.79 Å². The molecule has 0 bridgehead atoms. The van der Waals surface area contributed by atoms with Gasteiger partial charge < -0.3 is 9.80 Å². The summed E-state index contributed by atoms with van der Waals surface area (Å²) in [5, 5.41) is 0. The van der Waals surface area contributed by atoms with Gasteiger partial charge in [-0.1, -0.05) is 37.8 Å². The fourth-order valence-corrected chi connectivity index (χ4v) is 3.83. The van der Waals surface area contributed by atoms with Gasteiger partial charge in [-0.05, 0) is 39.0 Å². The van der Waals surface area contributed by atoms with Gasteiger partial charge in [0, 0.05) is 43.0 Å². The van der Waals surface area contributed by atoms with Crippen LogP contribution in [0.4, 0.5) is 0 Å². The number of likely N-dealkylation sites (N-methyl/N-ethyl adjacent to an activating group) is 1. The lowest BCUT2D eigenvalue weighted by molar-refractivity contribution is -0.111. The summed E-state index contributed by atoms with van der Waals surface area (Å²) in [6.07, 6.45) is 12.1. The Kier molecular flexibility index (Phi) is 6.60. The van der Waals surface area contributed by atoms with Crippen LogP contribution in [0.2, 0.25) is 0 Å². The maximum Gasteiger partial charge on any atom is 0.196 e. The lowest BCUT2D eigenvalue weighted by Crippen LogP contribution is -2.43. The molecule has 1 saturated heterocycles. The molecule has 0 aromatic heterocycles. The van der Waals surface area contributed by atoms with Gasteiger partial charge in [-0.25, -0.2) is 9.98 Å². The molecule has 0 spiro atoms. The molecule has 5 heteroatoms. The Balaban J connectivity index is 2.00. The molecule has 0 N–H and O–H groups in total. The molecule has 152 valence electrons. The molecule has 2 aliphatic heterocycles. The largest absolute Gasteiger partial charge is 0.372 e. The minimum atomic E-state index is -0.0167. The van der Waals surface area contributed by atoms with Gasteiger partial charge in [0.25, 0.3) is 0 Å². The molecule has 2 heterocycles. The Labute approximate surface area is 173 Å². The summed E-state index contributed by atoms with van der Waals surface area (Å²) in [4.78, 5) is 26.9. The molecule has 0 aromatic carbocycles. The van der Waals surface area contributed by atoms with E-state index in [-0.39, 0.29) is 5.78 Å². The standard InChI is InChI=1S/C24H30N4O/c1-6-9-20-19(8-3)24(29)21(23-22(20)25-16-26-23)18(7-2)11-10-17(4)28-14-12-27(5)13-15-28/h7-11,16H,2,6,12-15H2,1,3-5H3/b17-10+,18-11+,19-8+,20-9+. The van der Waals surface area contributed by atoms with Crippen molar-refractivity contribution in [2.24, 2.45) is 9.98 Å². The molecule has 1 fully saturated rings. The van der Waals surface area contributed by atoms with Crippen LogP contribution in [0.25, 0.3) is 0 Å². The summed E-state index contributed by atoms with van der Waals surface area (Å²) in [7, 11) is 2.15. The number of Topliss-reactive ketones (excluding diaryl/α,β-unsaturated/α-hetero) is 1. The van der Waals surface area contributed by atoms with Crippen LogP contribution in [0, 0.1) is 0 Å². The molecule has 0 unspecified atom stereocenters. The van der Waals surface area contributed by atoms with E-state index < -0.39 is 0 Å². The zero-order chi connectivity index (χ0) is 21.0. The number of nitrogens with zero attached hydrogens (tertiary/aromatic N) is 4. The Morgan fingerprint density at radius 2 is 1.93 bits per heavy atom. The molecule has 3 aliphatic rings. The zero-order valence-electron chi connectivity index (χ0n) is 17.9. The van der Waals surface area contributed by atoms with Gasteiger partial charge in [-0.15, -0.1) is 0 Å². The number of carbonyl (C=O) groups excluding carboxylic acids is 1. The lowest BCUT2D eigenvalue weighted by Gasteiger charge is -2.34. The maximum atomic E-state index is 13.3. The topological polar surface area (TPSA) is 48.3 Å². The van der Waals surface area contributed by atoms with E-state index in [9.17, 15) is 4.79 Å². The molecule has 0 atom stereocenters. The molecule has 3 rings (SSSR count). The van der Waals surface area contributed by atoms with Crippen molar-refractivity contribution in [2.45, 2.75) is 27.2 Å². The number of carbonyl (C=O) groups is 1. The summed E-state index contributed by atoms with van der Waals surface area (Å²) in [6.45, 7) is 14.2. The maximum absolute atomic E-state index is 13.3. The fourth-order valence-electron chi connectivity index (χ4n) is 3.83. The highest BCUT2D eigenvalue weighted by molar-refractivity contribution is 6.34. The van der Waals surface area contributed by atoms with Crippen LogP contribution in [-0.2, 0) is 4.79 Å². The van der Waals surface area contributed by atoms with Crippen LogP contribution < -0.4 is 0 Å². The molecule has 1 aliphatic carbocycles. The summed E-state index contributed by atoms with van der Waals surface area (Å²) < 4.78 is 0. The van der Waals surface area contributed by atoms with E-state index in [0.717, 1.165) is 49.5 Å². The number of hydrogen-bond acceptors (Lipinski definition) is 5. The summed E-state index contributed by atoms with van der Waals surface area (Å²) in [5.74, 6) is -0.0167. The van der Waals surface area contributed by atoms with E-state index in [1.807, 2.05) is 25.2 Å². The number of rotatable bonds is 5. The second-order valence-corrected chi connectivity index (χ2v) is 7.43. The van der Waals surface area contributed by atoms with Gasteiger partial charge in [-0.3, -0.25) is 4.79 Å². The van der Waals surface area contributed by atoms with Crippen LogP contribution in [0.1, 0.15) is 27.2 Å². The van der Waals surface area contributed by atoms with Gasteiger partial charge in [-0.2, -0.15) is 0 Å². The molecule has 5 nitrogen and oxygen atoms in total. The Hall–Kier alpha value is -2.79. The lowest BCUT2D eigenvalue weighted by atomic mass is 9.81. The van der Waals surface area contributed by atoms with E-state index >= 15 is 0 Å². The molecule has 0 aromatic rings. The summed E-state index contributed by atoms with van der Waals surface area (Å²) in [6, 6.07) is 0. The number of aliphatic imine (C=N–C) groups is 2. The molecular formula is C24H30N4O. The number of hydrogen-bond donors (Lipinski definition) is 0. The highest BCUT2D eigenvalue weighted by atomic mass is 16.1. The van der Waals surface area contributed by atoms with E-state index in [2.05, 4.69) is 53.3 Å². The first kappa shape index (κ1) is 20.9. The smallest absolute Gasteiger partial charge is 0.196 e. The highest BCUT2D eigenvalue weighted by Crippen LogP contribution is 2.35. The van der Waals surface area contributed by atoms with Gasteiger partial charge in [0.1, 0.15) is 12.0 Å². The SMILES string of the molecule is C=C/C(=C\C=C(/C)N1CCN(C)CC1)C1=C2N=CN=C2C(=C/CC)/C(=C\C)C1=O. The Bertz CT molecular complexity index is 917. The van der Waals surface area contributed by atoms with Crippen molar-refractivity contribution in [1.29, 1.82) is 0 Å². The first-order valence-corrected chi connectivity index (χ1v) is 10.2. The Morgan fingerprint density at radius 1 is 1.21 bits per heavy atom. The first-order valence-electron chi connectivity index (χ1n) is 10.2. The minimum Gasteiger partial charge on any atom is -0.372 e. The van der Waals surface area contributed by atoms with Gasteiger partial charge in [0.05, 0.1) is 11.3 Å². The molecule has 0 radical (unpaired) electrons. The van der Waals surface area contributed by atoms with Crippen molar-refractivity contribution in [3.8, 4) is 0 Å². The second kappa shape index (κ2) is 9.14. The number of piperazine rings is 1. The van der Waals surface area contributed by atoms with Gasteiger partial charge in [0.2, 0.25) is 0 Å². The minimum absolute atomic E-state index is 0.0167. The predicted molar refractivity (Wildman–Crippen MR) is 121 cm³/mol. The van der Waals surface area contributed by atoms with Gasteiger partial charge >= 0.3 is 0 Å². The average Bonchev–Trinajstić information content (AvgIpc) is 3.20. The van der Waals surface area contributed by atoms with Crippen LogP contribution in [0.5, 0.6) is 0 Å². The third kappa shape index (κ3) is 4.15. The number of fused-ring (bicyclic) bond motifs is 1. The average molecular weight is 391 g/mol. The number of allylic oxidation sites excluding steroid dienone is 10. The van der Waals surface area contributed by atoms with Crippen molar-refractivity contribution in [2.75, 3.05) is 33.2 Å². The molecular weight excluding hydrogens is 360 g/mol. The third-order valence-corrected chi connectivity index (χ3v) is 5.56. The van der Waals surface area contributed by atoms with Crippen LogP contribution >= 0.6 is 0 Å². The van der Waals surface area contributed by atoms with Crippen molar-refractivity contribution in [1.82, 2.24) is 9.80 Å². The first-order chi connectivity index (χ1) is 14.0. The Morgan fingerprint density at radius 3 is 2.55 bits per heavy atom. The van der Waals surface area contributed by atoms with Crippen molar-refractivity contribution >= 4 is 17.8 Å². The van der Waals surface area contributed by atoms with Crippen molar-refractivity contribution in [3.63, 3.8) is 0 Å². The van der Waals surface area contributed by atoms with E-state index in [1.54, 1.807) is 6.08 Å². The molecule has 0 amide bonds. The highest BCUT2D eigenvalue weighted by Gasteiger charge is 2.35. The quantitative estimate of drug-likeness (QED) is 0.529. The van der Waals surface area contributed by atoms with Crippen molar-refractivity contribution in [3.05, 3.63) is 70.6 Å². The van der Waals surface area contributed by atoms with Crippen LogP contribution in [-0.4, -0.2) is 60.9 Å². The van der Waals surface area contributed by atoms with E-state index in [1.165, 1.54) is 12.0 Å². The van der Waals surface area contributed by atoms with Gasteiger partial charge in [0.15, 0.2) is 5.78 Å². The summed E-state index contributed by atoms with van der Waals surface area (Å²) >= 11 is 0. The van der Waals surface area contributed by atoms with Crippen LogP contribution in [0.15, 0.2) is 80.6 Å². The normalized spacial score (nSPS) is 23.9. The third-order valence-electron chi connectivity index (χ3n) is 5.56. The summed E-state index contributed by atoms with van der Waals surface area (Å²) in [5.41, 5.74) is 5.54. The van der Waals surface area contributed by atoms with E-state index in [0.29, 0.717) is 16.8 Å². The van der Waals surface area contributed by atoms with Crippen LogP contribution in [0.3, 0.4) is 0 Å². The molecule has 29 heavy (non-hydrogen) atoms. The predicted octanol–water partition coefficient (Wildman–Crippen LogP) is 3.85. The zero-order valence-corrected chi connectivity index (χ0v) is 17.9.